The van der Waals surface area contributed by atoms with E-state index in [0.29, 0.717) is 21.5 Å². The van der Waals surface area contributed by atoms with Crippen molar-refractivity contribution >= 4 is 41.0 Å². The molecule has 2 aromatic carbocycles. The van der Waals surface area contributed by atoms with E-state index in [9.17, 15) is 14.4 Å². The number of benzene rings is 2. The molecule has 7 heteroatoms. The average molecular weight is 364 g/mol. The molecule has 1 aliphatic heterocycles. The SMILES string of the molecule is O=C(CCc1ccc(Cl)cc1Cl)ON1C(=O)c2ccccc2C1=O. The van der Waals surface area contributed by atoms with Crippen LogP contribution < -0.4 is 0 Å². The summed E-state index contributed by atoms with van der Waals surface area (Å²) in [6.07, 6.45) is 0.271. The molecule has 0 bridgehead atoms. The highest BCUT2D eigenvalue weighted by atomic mass is 35.5. The third-order valence-electron chi connectivity index (χ3n) is 3.56. The maximum atomic E-state index is 12.1. The lowest BCUT2D eigenvalue weighted by Gasteiger charge is -2.12. The molecule has 0 aliphatic carbocycles. The van der Waals surface area contributed by atoms with Crippen LogP contribution >= 0.6 is 23.2 Å². The minimum Gasteiger partial charge on any atom is -0.330 e. The average Bonchev–Trinajstić information content (AvgIpc) is 2.79. The number of carbonyl (C=O) groups is 3. The van der Waals surface area contributed by atoms with Crippen molar-refractivity contribution < 1.29 is 19.2 Å². The van der Waals surface area contributed by atoms with Crippen LogP contribution in [0.1, 0.15) is 32.7 Å². The molecule has 122 valence electrons. The van der Waals surface area contributed by atoms with Gasteiger partial charge < -0.3 is 4.84 Å². The van der Waals surface area contributed by atoms with Crippen LogP contribution in [0, 0.1) is 0 Å². The van der Waals surface area contributed by atoms with Crippen LogP contribution in [0.15, 0.2) is 42.5 Å². The van der Waals surface area contributed by atoms with E-state index in [1.54, 1.807) is 30.3 Å². The number of nitrogens with zero attached hydrogens (tertiary/aromatic N) is 1. The number of amides is 2. The van der Waals surface area contributed by atoms with E-state index in [1.165, 1.54) is 12.1 Å². The number of halogens is 2. The first-order chi connectivity index (χ1) is 11.5. The van der Waals surface area contributed by atoms with Crippen LogP contribution in [0.3, 0.4) is 0 Å². The summed E-state index contributed by atoms with van der Waals surface area (Å²) in [4.78, 5) is 41.1. The van der Waals surface area contributed by atoms with Gasteiger partial charge in [-0.25, -0.2) is 4.79 Å². The number of aryl methyl sites for hydroxylation is 1. The molecule has 1 heterocycles. The fourth-order valence-corrected chi connectivity index (χ4v) is 2.86. The van der Waals surface area contributed by atoms with Gasteiger partial charge in [0.1, 0.15) is 0 Å². The molecule has 2 amide bonds. The summed E-state index contributed by atoms with van der Waals surface area (Å²) in [6, 6.07) is 11.2. The standard InChI is InChI=1S/C17H11Cl2NO4/c18-11-7-5-10(14(19)9-11)6-8-15(21)24-20-16(22)12-3-1-2-4-13(12)17(20)23/h1-5,7,9H,6,8H2. The molecule has 0 atom stereocenters. The molecule has 0 unspecified atom stereocenters. The van der Waals surface area contributed by atoms with E-state index in [4.69, 9.17) is 28.0 Å². The first-order valence-corrected chi connectivity index (χ1v) is 7.85. The van der Waals surface area contributed by atoms with Crippen LogP contribution in [-0.2, 0) is 16.1 Å². The number of fused-ring (bicyclic) bond motifs is 1. The summed E-state index contributed by atoms with van der Waals surface area (Å²) in [5.74, 6) is -1.99. The van der Waals surface area contributed by atoms with E-state index in [1.807, 2.05) is 0 Å². The molecule has 24 heavy (non-hydrogen) atoms. The van der Waals surface area contributed by atoms with Gasteiger partial charge in [0.05, 0.1) is 17.5 Å². The van der Waals surface area contributed by atoms with Gasteiger partial charge in [0.2, 0.25) is 0 Å². The van der Waals surface area contributed by atoms with Crippen molar-refractivity contribution in [1.82, 2.24) is 5.06 Å². The van der Waals surface area contributed by atoms with Crippen LogP contribution in [0.25, 0.3) is 0 Å². The number of hydrogen-bond acceptors (Lipinski definition) is 4. The summed E-state index contributed by atoms with van der Waals surface area (Å²) in [6.45, 7) is 0. The fourth-order valence-electron chi connectivity index (χ4n) is 2.36. The van der Waals surface area contributed by atoms with Crippen LogP contribution in [0.2, 0.25) is 10.0 Å². The Bertz CT molecular complexity index is 815. The van der Waals surface area contributed by atoms with E-state index in [2.05, 4.69) is 0 Å². The Hall–Kier alpha value is -2.37. The predicted octanol–water partition coefficient (Wildman–Crippen LogP) is 3.68. The lowest BCUT2D eigenvalue weighted by molar-refractivity contribution is -0.168. The van der Waals surface area contributed by atoms with Gasteiger partial charge in [-0.2, -0.15) is 0 Å². The summed E-state index contributed by atoms with van der Waals surface area (Å²) >= 11 is 11.8. The summed E-state index contributed by atoms with van der Waals surface area (Å²) in [7, 11) is 0. The van der Waals surface area contributed by atoms with Crippen molar-refractivity contribution in [3.05, 3.63) is 69.2 Å². The smallest absolute Gasteiger partial charge is 0.330 e. The Morgan fingerprint density at radius 3 is 2.21 bits per heavy atom. The van der Waals surface area contributed by atoms with Gasteiger partial charge in [-0.15, -0.1) is 0 Å². The maximum Gasteiger partial charge on any atom is 0.333 e. The maximum absolute atomic E-state index is 12.1. The molecule has 0 spiro atoms. The van der Waals surface area contributed by atoms with Gasteiger partial charge >= 0.3 is 5.97 Å². The lowest BCUT2D eigenvalue weighted by Crippen LogP contribution is -2.32. The third kappa shape index (κ3) is 3.13. The van der Waals surface area contributed by atoms with Gasteiger partial charge in [0, 0.05) is 10.0 Å². The second kappa shape index (κ2) is 6.63. The van der Waals surface area contributed by atoms with Gasteiger partial charge in [-0.05, 0) is 36.2 Å². The molecule has 2 aromatic rings. The van der Waals surface area contributed by atoms with Gasteiger partial charge in [0.25, 0.3) is 11.8 Å². The minimum atomic E-state index is -0.699. The van der Waals surface area contributed by atoms with Crippen molar-refractivity contribution in [2.24, 2.45) is 0 Å². The Morgan fingerprint density at radius 2 is 1.62 bits per heavy atom. The quantitative estimate of drug-likeness (QED) is 0.777. The van der Waals surface area contributed by atoms with Crippen LogP contribution in [0.4, 0.5) is 0 Å². The molecule has 0 N–H and O–H groups in total. The highest BCUT2D eigenvalue weighted by Crippen LogP contribution is 2.24. The second-order valence-corrected chi connectivity index (χ2v) is 5.99. The molecule has 0 radical (unpaired) electrons. The Labute approximate surface area is 147 Å². The number of hydrogen-bond donors (Lipinski definition) is 0. The largest absolute Gasteiger partial charge is 0.333 e. The van der Waals surface area contributed by atoms with Gasteiger partial charge in [0.15, 0.2) is 0 Å². The molecular formula is C17H11Cl2NO4. The number of imide groups is 1. The summed E-state index contributed by atoms with van der Waals surface area (Å²) < 4.78 is 0. The molecule has 0 fully saturated rings. The molecule has 0 saturated heterocycles. The number of rotatable bonds is 4. The van der Waals surface area contributed by atoms with Crippen molar-refractivity contribution in [1.29, 1.82) is 0 Å². The summed E-state index contributed by atoms with van der Waals surface area (Å²) in [5, 5.41) is 1.43. The van der Waals surface area contributed by atoms with Crippen LogP contribution in [0.5, 0.6) is 0 Å². The molecule has 3 rings (SSSR count). The number of hydroxylamine groups is 2. The van der Waals surface area contributed by atoms with E-state index in [0.717, 1.165) is 5.56 Å². The molecule has 5 nitrogen and oxygen atoms in total. The molecule has 0 saturated carbocycles. The zero-order valence-electron chi connectivity index (χ0n) is 12.3. The van der Waals surface area contributed by atoms with E-state index >= 15 is 0 Å². The van der Waals surface area contributed by atoms with Gasteiger partial charge in [-0.3, -0.25) is 9.59 Å². The van der Waals surface area contributed by atoms with Crippen molar-refractivity contribution in [3.63, 3.8) is 0 Å². The molecule has 1 aliphatic rings. The Balaban J connectivity index is 1.64. The molecular weight excluding hydrogens is 353 g/mol. The predicted molar refractivity (Wildman–Crippen MR) is 87.8 cm³/mol. The van der Waals surface area contributed by atoms with E-state index < -0.39 is 17.8 Å². The summed E-state index contributed by atoms with van der Waals surface area (Å²) in [5.41, 5.74) is 1.16. The second-order valence-electron chi connectivity index (χ2n) is 5.15. The lowest BCUT2D eigenvalue weighted by atomic mass is 10.1. The first-order valence-electron chi connectivity index (χ1n) is 7.10. The fraction of sp³-hybridized carbons (Fsp3) is 0.118. The first kappa shape index (κ1) is 16.5. The normalized spacial score (nSPS) is 13.2. The Kier molecular flexibility index (Phi) is 4.55. The topological polar surface area (TPSA) is 63.7 Å². The zero-order chi connectivity index (χ0) is 17.3. The monoisotopic (exact) mass is 363 g/mol. The van der Waals surface area contributed by atoms with Crippen molar-refractivity contribution in [2.75, 3.05) is 0 Å². The van der Waals surface area contributed by atoms with Crippen molar-refractivity contribution in [2.45, 2.75) is 12.8 Å². The van der Waals surface area contributed by atoms with Crippen LogP contribution in [-0.4, -0.2) is 22.8 Å². The highest BCUT2D eigenvalue weighted by Gasteiger charge is 2.38. The zero-order valence-corrected chi connectivity index (χ0v) is 13.8. The number of carbonyl (C=O) groups excluding carboxylic acids is 3. The van der Waals surface area contributed by atoms with Gasteiger partial charge in [-0.1, -0.05) is 46.5 Å². The minimum absolute atomic E-state index is 0.0330. The third-order valence-corrected chi connectivity index (χ3v) is 4.15. The highest BCUT2D eigenvalue weighted by molar-refractivity contribution is 6.35. The Morgan fingerprint density at radius 1 is 1.00 bits per heavy atom. The van der Waals surface area contributed by atoms with E-state index in [-0.39, 0.29) is 17.5 Å². The van der Waals surface area contributed by atoms with Crippen molar-refractivity contribution in [3.8, 4) is 0 Å². The molecule has 0 aromatic heterocycles.